The highest BCUT2D eigenvalue weighted by atomic mass is 35.5. The van der Waals surface area contributed by atoms with Gasteiger partial charge in [0, 0.05) is 18.3 Å². The van der Waals surface area contributed by atoms with Gasteiger partial charge < -0.3 is 5.32 Å². The third-order valence-corrected chi connectivity index (χ3v) is 4.55. The first-order valence-corrected chi connectivity index (χ1v) is 9.04. The molecule has 0 unspecified atom stereocenters. The van der Waals surface area contributed by atoms with Gasteiger partial charge in [0.15, 0.2) is 5.82 Å². The fourth-order valence-electron chi connectivity index (χ4n) is 2.88. The molecule has 1 amide bonds. The van der Waals surface area contributed by atoms with E-state index in [0.717, 1.165) is 5.52 Å². The first-order chi connectivity index (χ1) is 13.5. The summed E-state index contributed by atoms with van der Waals surface area (Å²) < 4.78 is 17.0. The van der Waals surface area contributed by atoms with E-state index in [2.05, 4.69) is 20.5 Å². The Labute approximate surface area is 164 Å². The van der Waals surface area contributed by atoms with Crippen LogP contribution >= 0.6 is 11.6 Å². The average molecular weight is 399 g/mol. The van der Waals surface area contributed by atoms with Crippen molar-refractivity contribution in [1.82, 2.24) is 24.4 Å². The van der Waals surface area contributed by atoms with Gasteiger partial charge in [-0.3, -0.25) is 4.79 Å². The molecule has 0 aliphatic rings. The largest absolute Gasteiger partial charge is 0.323 e. The number of benzene rings is 1. The molecular formula is C19H16ClFN6O. The highest BCUT2D eigenvalue weighted by molar-refractivity contribution is 6.30. The van der Waals surface area contributed by atoms with Crippen LogP contribution in [0.3, 0.4) is 0 Å². The van der Waals surface area contributed by atoms with Crippen molar-refractivity contribution in [3.63, 3.8) is 0 Å². The number of hydrogen-bond acceptors (Lipinski definition) is 4. The number of fused-ring (bicyclic) bond motifs is 1. The number of rotatable bonds is 5. The number of carbonyl (C=O) groups is 1. The molecule has 7 nitrogen and oxygen atoms in total. The zero-order valence-corrected chi connectivity index (χ0v) is 15.7. The maximum atomic E-state index is 13.7. The summed E-state index contributed by atoms with van der Waals surface area (Å²) in [5.41, 5.74) is 1.91. The minimum absolute atomic E-state index is 0.0289. The number of halogens is 2. The number of aryl methyl sites for hydroxylation is 1. The fraction of sp³-hybridized carbons (Fsp3) is 0.158. The van der Waals surface area contributed by atoms with E-state index in [1.165, 1.54) is 12.1 Å². The van der Waals surface area contributed by atoms with Gasteiger partial charge in [-0.2, -0.15) is 10.2 Å². The number of carbonyl (C=O) groups excluding carboxylic acids is 1. The van der Waals surface area contributed by atoms with Gasteiger partial charge in [0.2, 0.25) is 5.91 Å². The lowest BCUT2D eigenvalue weighted by Crippen LogP contribution is -2.17. The molecule has 0 spiro atoms. The second-order valence-electron chi connectivity index (χ2n) is 6.11. The van der Waals surface area contributed by atoms with Gasteiger partial charge in [-0.25, -0.2) is 18.6 Å². The molecule has 1 aromatic carbocycles. The first kappa shape index (κ1) is 18.1. The summed E-state index contributed by atoms with van der Waals surface area (Å²) in [4.78, 5) is 16.9. The topological polar surface area (TPSA) is 77.1 Å². The Morgan fingerprint density at radius 2 is 2.14 bits per heavy atom. The summed E-state index contributed by atoms with van der Waals surface area (Å²) in [6, 6.07) is 9.97. The Kier molecular flexibility index (Phi) is 4.79. The summed E-state index contributed by atoms with van der Waals surface area (Å²) in [6.45, 7) is 2.43. The van der Waals surface area contributed by atoms with E-state index in [-0.39, 0.29) is 17.4 Å². The lowest BCUT2D eigenvalue weighted by atomic mass is 10.2. The zero-order chi connectivity index (χ0) is 19.7. The van der Waals surface area contributed by atoms with Crippen LogP contribution in [-0.2, 0) is 17.8 Å². The predicted molar refractivity (Wildman–Crippen MR) is 104 cm³/mol. The Bertz CT molecular complexity index is 1170. The molecule has 9 heteroatoms. The molecule has 3 aromatic heterocycles. The van der Waals surface area contributed by atoms with Crippen LogP contribution in [0, 0.1) is 5.82 Å². The van der Waals surface area contributed by atoms with Crippen molar-refractivity contribution in [2.75, 3.05) is 5.32 Å². The SMILES string of the molecule is CCn1nc(-c2ccc(Cl)c(F)c2)nc1CC(=O)Nc1cnn2ccccc12. The number of nitrogens with zero attached hydrogens (tertiary/aromatic N) is 5. The van der Waals surface area contributed by atoms with E-state index in [1.807, 2.05) is 25.1 Å². The van der Waals surface area contributed by atoms with Gasteiger partial charge in [-0.05, 0) is 37.3 Å². The van der Waals surface area contributed by atoms with Crippen LogP contribution < -0.4 is 5.32 Å². The third-order valence-electron chi connectivity index (χ3n) is 4.24. The molecule has 0 radical (unpaired) electrons. The van der Waals surface area contributed by atoms with Crippen LogP contribution in [0.5, 0.6) is 0 Å². The van der Waals surface area contributed by atoms with Gasteiger partial charge in [0.1, 0.15) is 11.6 Å². The number of pyridine rings is 1. The van der Waals surface area contributed by atoms with E-state index in [0.29, 0.717) is 29.4 Å². The molecule has 0 saturated carbocycles. The molecule has 0 bridgehead atoms. The second kappa shape index (κ2) is 7.40. The molecule has 0 aliphatic carbocycles. The summed E-state index contributed by atoms with van der Waals surface area (Å²) in [6.07, 6.45) is 3.43. The maximum absolute atomic E-state index is 13.7. The molecule has 28 heavy (non-hydrogen) atoms. The van der Waals surface area contributed by atoms with Crippen molar-refractivity contribution in [3.05, 3.63) is 65.5 Å². The van der Waals surface area contributed by atoms with Crippen molar-refractivity contribution in [1.29, 1.82) is 0 Å². The number of hydrogen-bond donors (Lipinski definition) is 1. The summed E-state index contributed by atoms with van der Waals surface area (Å²) in [7, 11) is 0. The normalized spacial score (nSPS) is 11.1. The van der Waals surface area contributed by atoms with E-state index < -0.39 is 5.82 Å². The van der Waals surface area contributed by atoms with Gasteiger partial charge in [0.25, 0.3) is 0 Å². The quantitative estimate of drug-likeness (QED) is 0.557. The Morgan fingerprint density at radius 3 is 2.93 bits per heavy atom. The smallest absolute Gasteiger partial charge is 0.232 e. The van der Waals surface area contributed by atoms with Crippen molar-refractivity contribution in [2.45, 2.75) is 19.9 Å². The van der Waals surface area contributed by atoms with Crippen molar-refractivity contribution < 1.29 is 9.18 Å². The van der Waals surface area contributed by atoms with Gasteiger partial charge in [-0.15, -0.1) is 0 Å². The van der Waals surface area contributed by atoms with E-state index in [4.69, 9.17) is 11.6 Å². The number of nitrogens with one attached hydrogen (secondary N) is 1. The molecule has 0 saturated heterocycles. The summed E-state index contributed by atoms with van der Waals surface area (Å²) >= 11 is 5.73. The molecule has 0 aliphatic heterocycles. The zero-order valence-electron chi connectivity index (χ0n) is 14.9. The van der Waals surface area contributed by atoms with Crippen LogP contribution in [-0.4, -0.2) is 30.3 Å². The van der Waals surface area contributed by atoms with Crippen molar-refractivity contribution in [2.24, 2.45) is 0 Å². The Morgan fingerprint density at radius 1 is 1.29 bits per heavy atom. The Balaban J connectivity index is 1.56. The van der Waals surface area contributed by atoms with E-state index >= 15 is 0 Å². The standard InChI is InChI=1S/C19H16ClFN6O/c1-2-26-17(24-19(25-26)12-6-7-13(20)14(21)9-12)10-18(28)23-15-11-22-27-8-4-3-5-16(15)27/h3-9,11H,2,10H2,1H3,(H,23,28). The third kappa shape index (κ3) is 3.46. The highest BCUT2D eigenvalue weighted by Gasteiger charge is 2.16. The van der Waals surface area contributed by atoms with Gasteiger partial charge in [-0.1, -0.05) is 17.7 Å². The molecule has 0 fully saturated rings. The molecule has 142 valence electrons. The number of anilines is 1. The van der Waals surface area contributed by atoms with Crippen molar-refractivity contribution >= 4 is 28.7 Å². The molecule has 4 aromatic rings. The lowest BCUT2D eigenvalue weighted by Gasteiger charge is -2.04. The van der Waals surface area contributed by atoms with Crippen LogP contribution in [0.2, 0.25) is 5.02 Å². The fourth-order valence-corrected chi connectivity index (χ4v) is 3.00. The van der Waals surface area contributed by atoms with Crippen LogP contribution in [0.4, 0.5) is 10.1 Å². The summed E-state index contributed by atoms with van der Waals surface area (Å²) in [5, 5.41) is 11.4. The molecular weight excluding hydrogens is 383 g/mol. The molecule has 0 atom stereocenters. The van der Waals surface area contributed by atoms with Crippen molar-refractivity contribution in [3.8, 4) is 11.4 Å². The van der Waals surface area contributed by atoms with Gasteiger partial charge in [0.05, 0.1) is 28.8 Å². The maximum Gasteiger partial charge on any atom is 0.232 e. The molecule has 1 N–H and O–H groups in total. The van der Waals surface area contributed by atoms with E-state index in [1.54, 1.807) is 27.7 Å². The Hall–Kier alpha value is -3.26. The van der Waals surface area contributed by atoms with E-state index in [9.17, 15) is 9.18 Å². The minimum Gasteiger partial charge on any atom is -0.323 e. The number of amides is 1. The van der Waals surface area contributed by atoms with Crippen LogP contribution in [0.1, 0.15) is 12.7 Å². The lowest BCUT2D eigenvalue weighted by molar-refractivity contribution is -0.115. The summed E-state index contributed by atoms with van der Waals surface area (Å²) in [5.74, 6) is 0.0483. The molecule has 4 rings (SSSR count). The van der Waals surface area contributed by atoms with Crippen LogP contribution in [0.25, 0.3) is 16.9 Å². The molecule has 3 heterocycles. The predicted octanol–water partition coefficient (Wildman–Crippen LogP) is 3.59. The number of aromatic nitrogens is 5. The van der Waals surface area contributed by atoms with Crippen LogP contribution in [0.15, 0.2) is 48.8 Å². The monoisotopic (exact) mass is 398 g/mol. The van der Waals surface area contributed by atoms with Gasteiger partial charge >= 0.3 is 0 Å². The first-order valence-electron chi connectivity index (χ1n) is 8.66. The average Bonchev–Trinajstić information content (AvgIpc) is 3.28. The highest BCUT2D eigenvalue weighted by Crippen LogP contribution is 2.22. The minimum atomic E-state index is -0.542. The second-order valence-corrected chi connectivity index (χ2v) is 6.52.